The summed E-state index contributed by atoms with van der Waals surface area (Å²) in [6.45, 7) is 0.636. The van der Waals surface area contributed by atoms with Crippen LogP contribution >= 0.6 is 11.6 Å². The van der Waals surface area contributed by atoms with E-state index in [1.165, 1.54) is 18.2 Å². The van der Waals surface area contributed by atoms with Gasteiger partial charge >= 0.3 is 0 Å². The smallest absolute Gasteiger partial charge is 0.147 e. The molecule has 1 aromatic heterocycles. The number of aliphatic hydroxyl groups excluding tert-OH is 1. The fourth-order valence-electron chi connectivity index (χ4n) is 4.81. The van der Waals surface area contributed by atoms with Crippen LogP contribution in [0.25, 0.3) is 22.0 Å². The molecule has 4 aromatic rings. The summed E-state index contributed by atoms with van der Waals surface area (Å²) in [6.07, 6.45) is 2.70. The first-order valence-electron chi connectivity index (χ1n) is 11.2. The van der Waals surface area contributed by atoms with E-state index in [9.17, 15) is 13.9 Å². The minimum absolute atomic E-state index is 0.250. The van der Waals surface area contributed by atoms with Crippen LogP contribution in [0.4, 0.5) is 8.78 Å². The average molecular weight is 467 g/mol. The van der Waals surface area contributed by atoms with Crippen LogP contribution in [0, 0.1) is 11.6 Å². The molecule has 3 N–H and O–H groups in total. The van der Waals surface area contributed by atoms with Gasteiger partial charge in [-0.3, -0.25) is 0 Å². The quantitative estimate of drug-likeness (QED) is 0.296. The summed E-state index contributed by atoms with van der Waals surface area (Å²) in [5.74, 6) is -0.577. The molecule has 3 aromatic carbocycles. The zero-order valence-electron chi connectivity index (χ0n) is 18.0. The topological polar surface area (TPSA) is 48.0 Å². The number of halogens is 3. The molecule has 0 saturated heterocycles. The lowest BCUT2D eigenvalue weighted by atomic mass is 9.93. The molecule has 2 atom stereocenters. The minimum atomic E-state index is -0.512. The summed E-state index contributed by atoms with van der Waals surface area (Å²) >= 11 is 5.92. The Hall–Kier alpha value is -2.73. The van der Waals surface area contributed by atoms with Gasteiger partial charge in [0.15, 0.2) is 0 Å². The van der Waals surface area contributed by atoms with E-state index in [0.29, 0.717) is 23.5 Å². The standard InChI is InChI=1S/C27H25ClF2N2O/c28-18-8-4-17(5-9-18)25(33)3-1-2-20-14-24-22(15-31-20)26-21(12-13-23(30)27(26)32-24)16-6-10-19(29)11-7-16/h4-13,20,25,31-33H,1-3,14-15H2. The van der Waals surface area contributed by atoms with Crippen LogP contribution < -0.4 is 5.32 Å². The Bertz CT molecular complexity index is 1270. The van der Waals surface area contributed by atoms with E-state index in [0.717, 1.165) is 52.6 Å². The van der Waals surface area contributed by atoms with Gasteiger partial charge in [-0.2, -0.15) is 0 Å². The highest BCUT2D eigenvalue weighted by molar-refractivity contribution is 6.30. The number of benzene rings is 3. The van der Waals surface area contributed by atoms with Crippen molar-refractivity contribution in [2.75, 3.05) is 0 Å². The van der Waals surface area contributed by atoms with E-state index in [2.05, 4.69) is 10.3 Å². The van der Waals surface area contributed by atoms with E-state index >= 15 is 0 Å². The zero-order chi connectivity index (χ0) is 22.9. The molecule has 1 aliphatic heterocycles. The van der Waals surface area contributed by atoms with Gasteiger partial charge in [0.2, 0.25) is 0 Å². The van der Waals surface area contributed by atoms with Crippen molar-refractivity contribution < 1.29 is 13.9 Å². The third-order valence-corrected chi connectivity index (χ3v) is 6.81. The molecule has 0 saturated carbocycles. The highest BCUT2D eigenvalue weighted by Crippen LogP contribution is 2.36. The maximum atomic E-state index is 14.7. The molecular weight excluding hydrogens is 442 g/mol. The number of aliphatic hydroxyl groups is 1. The van der Waals surface area contributed by atoms with Crippen molar-refractivity contribution in [2.45, 2.75) is 44.4 Å². The van der Waals surface area contributed by atoms with E-state index < -0.39 is 6.10 Å². The summed E-state index contributed by atoms with van der Waals surface area (Å²) in [7, 11) is 0. The lowest BCUT2D eigenvalue weighted by Gasteiger charge is -2.25. The summed E-state index contributed by atoms with van der Waals surface area (Å²) < 4.78 is 28.1. The minimum Gasteiger partial charge on any atom is -0.388 e. The average Bonchev–Trinajstić information content (AvgIpc) is 3.20. The van der Waals surface area contributed by atoms with Gasteiger partial charge in [0.25, 0.3) is 0 Å². The maximum absolute atomic E-state index is 14.7. The molecule has 0 aliphatic carbocycles. The van der Waals surface area contributed by atoms with Gasteiger partial charge in [0, 0.05) is 35.1 Å². The summed E-state index contributed by atoms with van der Waals surface area (Å²) in [5.41, 5.74) is 5.25. The monoisotopic (exact) mass is 466 g/mol. The highest BCUT2D eigenvalue weighted by Gasteiger charge is 2.25. The number of rotatable bonds is 6. The van der Waals surface area contributed by atoms with Crippen LogP contribution in [-0.4, -0.2) is 16.1 Å². The molecule has 0 spiro atoms. The summed E-state index contributed by atoms with van der Waals surface area (Å²) in [4.78, 5) is 3.32. The number of aromatic amines is 1. The van der Waals surface area contributed by atoms with Crippen molar-refractivity contribution in [3.63, 3.8) is 0 Å². The predicted molar refractivity (Wildman–Crippen MR) is 128 cm³/mol. The second-order valence-corrected chi connectivity index (χ2v) is 9.15. The van der Waals surface area contributed by atoms with Crippen molar-refractivity contribution in [1.29, 1.82) is 0 Å². The van der Waals surface area contributed by atoms with E-state index in [1.54, 1.807) is 30.3 Å². The second-order valence-electron chi connectivity index (χ2n) is 8.71. The summed E-state index contributed by atoms with van der Waals surface area (Å²) in [5, 5.41) is 15.5. The third-order valence-electron chi connectivity index (χ3n) is 6.55. The van der Waals surface area contributed by atoms with Gasteiger partial charge in [-0.1, -0.05) is 41.9 Å². The maximum Gasteiger partial charge on any atom is 0.147 e. The molecule has 1 aliphatic rings. The van der Waals surface area contributed by atoms with Crippen LogP contribution in [0.1, 0.15) is 42.2 Å². The number of hydrogen-bond donors (Lipinski definition) is 3. The van der Waals surface area contributed by atoms with Crippen molar-refractivity contribution in [2.24, 2.45) is 0 Å². The fraction of sp³-hybridized carbons (Fsp3) is 0.259. The Morgan fingerprint density at radius 3 is 2.52 bits per heavy atom. The lowest BCUT2D eigenvalue weighted by molar-refractivity contribution is 0.162. The second kappa shape index (κ2) is 9.26. The van der Waals surface area contributed by atoms with E-state index in [4.69, 9.17) is 11.6 Å². The first kappa shape index (κ1) is 22.1. The fourth-order valence-corrected chi connectivity index (χ4v) is 4.93. The molecule has 2 heterocycles. The molecule has 5 rings (SSSR count). The Morgan fingerprint density at radius 1 is 1.00 bits per heavy atom. The number of hydrogen-bond acceptors (Lipinski definition) is 2. The first-order valence-corrected chi connectivity index (χ1v) is 11.6. The van der Waals surface area contributed by atoms with Crippen molar-refractivity contribution in [3.8, 4) is 11.1 Å². The molecule has 6 heteroatoms. The molecule has 170 valence electrons. The lowest BCUT2D eigenvalue weighted by Crippen LogP contribution is -2.35. The van der Waals surface area contributed by atoms with Gasteiger partial charge in [0.1, 0.15) is 11.6 Å². The third kappa shape index (κ3) is 4.54. The van der Waals surface area contributed by atoms with Crippen LogP contribution in [0.2, 0.25) is 5.02 Å². The number of H-pyrrole nitrogens is 1. The molecule has 2 unspecified atom stereocenters. The van der Waals surface area contributed by atoms with Crippen LogP contribution in [0.3, 0.4) is 0 Å². The highest BCUT2D eigenvalue weighted by atomic mass is 35.5. The zero-order valence-corrected chi connectivity index (χ0v) is 18.8. The van der Waals surface area contributed by atoms with Crippen molar-refractivity contribution in [1.82, 2.24) is 10.3 Å². The van der Waals surface area contributed by atoms with Crippen LogP contribution in [0.15, 0.2) is 60.7 Å². The Kier molecular flexibility index (Phi) is 6.19. The van der Waals surface area contributed by atoms with E-state index in [1.807, 2.05) is 12.1 Å². The normalized spacial score (nSPS) is 16.7. The Morgan fingerprint density at radius 2 is 1.76 bits per heavy atom. The molecule has 0 radical (unpaired) electrons. The first-order chi connectivity index (χ1) is 16.0. The van der Waals surface area contributed by atoms with Crippen molar-refractivity contribution >= 4 is 22.5 Å². The van der Waals surface area contributed by atoms with Crippen LogP contribution in [0.5, 0.6) is 0 Å². The summed E-state index contributed by atoms with van der Waals surface area (Å²) in [6, 6.07) is 17.1. The molecule has 3 nitrogen and oxygen atoms in total. The molecule has 0 amide bonds. The number of aromatic nitrogens is 1. The Labute approximate surface area is 196 Å². The number of fused-ring (bicyclic) bond motifs is 3. The number of nitrogens with one attached hydrogen (secondary N) is 2. The molecule has 33 heavy (non-hydrogen) atoms. The molecule has 0 fully saturated rings. The SMILES string of the molecule is OC(CCCC1Cc2[nH]c3c(F)ccc(-c4ccc(F)cc4)c3c2CN1)c1ccc(Cl)cc1. The van der Waals surface area contributed by atoms with Gasteiger partial charge < -0.3 is 15.4 Å². The molecular formula is C27H25ClF2N2O. The van der Waals surface area contributed by atoms with Crippen LogP contribution in [-0.2, 0) is 13.0 Å². The van der Waals surface area contributed by atoms with Crippen molar-refractivity contribution in [3.05, 3.63) is 94.1 Å². The van der Waals surface area contributed by atoms with Gasteiger partial charge in [-0.25, -0.2) is 8.78 Å². The van der Waals surface area contributed by atoms with Gasteiger partial charge in [0.05, 0.1) is 11.6 Å². The van der Waals surface area contributed by atoms with Gasteiger partial charge in [-0.15, -0.1) is 0 Å². The predicted octanol–water partition coefficient (Wildman–Crippen LogP) is 6.68. The molecule has 0 bridgehead atoms. The Balaban J connectivity index is 1.31. The van der Waals surface area contributed by atoms with Gasteiger partial charge in [-0.05, 0) is 71.8 Å². The largest absolute Gasteiger partial charge is 0.388 e. The van der Waals surface area contributed by atoms with E-state index in [-0.39, 0.29) is 17.7 Å².